The molecule has 2 aromatic rings. The first-order valence-electron chi connectivity index (χ1n) is 4.63. The van der Waals surface area contributed by atoms with Crippen LogP contribution in [0.2, 0.25) is 0 Å². The molecule has 0 spiro atoms. The number of Topliss-reactive ketones (excluding diaryl/α,β-unsaturated/α-hetero) is 1. The Kier molecular flexibility index (Phi) is 2.91. The molecule has 5 heteroatoms. The van der Waals surface area contributed by atoms with Crippen molar-refractivity contribution in [3.05, 3.63) is 34.3 Å². The number of carbonyl (C=O) groups excluding carboxylic acids is 1. The Morgan fingerprint density at radius 2 is 2.40 bits per heavy atom. The predicted octanol–water partition coefficient (Wildman–Crippen LogP) is 1.23. The molecule has 0 bridgehead atoms. The third kappa shape index (κ3) is 2.73. The predicted molar refractivity (Wildman–Crippen MR) is 57.7 cm³/mol. The molecule has 0 aromatic carbocycles. The van der Waals surface area contributed by atoms with E-state index in [0.717, 1.165) is 10.6 Å². The van der Waals surface area contributed by atoms with E-state index in [4.69, 9.17) is 0 Å². The molecule has 0 aliphatic carbocycles. The summed E-state index contributed by atoms with van der Waals surface area (Å²) in [6.45, 7) is 0. The zero-order valence-electron chi connectivity index (χ0n) is 8.38. The van der Waals surface area contributed by atoms with E-state index in [2.05, 4.69) is 10.3 Å². The molecule has 4 nitrogen and oxygen atoms in total. The summed E-state index contributed by atoms with van der Waals surface area (Å²) in [5.41, 5.74) is 0.735. The highest BCUT2D eigenvalue weighted by atomic mass is 32.1. The SMILES string of the molecule is Cn1cc(CC(=O)Cc2cccs2)nn1. The first kappa shape index (κ1) is 10.0. The van der Waals surface area contributed by atoms with E-state index >= 15 is 0 Å². The lowest BCUT2D eigenvalue weighted by Crippen LogP contribution is -2.05. The minimum Gasteiger partial charge on any atom is -0.299 e. The number of aromatic nitrogens is 3. The minimum absolute atomic E-state index is 0.179. The average molecular weight is 221 g/mol. The van der Waals surface area contributed by atoms with Crippen molar-refractivity contribution in [1.82, 2.24) is 15.0 Å². The van der Waals surface area contributed by atoms with Gasteiger partial charge in [0.05, 0.1) is 12.1 Å². The monoisotopic (exact) mass is 221 g/mol. The van der Waals surface area contributed by atoms with Crippen molar-refractivity contribution in [3.63, 3.8) is 0 Å². The summed E-state index contributed by atoms with van der Waals surface area (Å²) in [6.07, 6.45) is 2.63. The molecule has 0 radical (unpaired) electrons. The van der Waals surface area contributed by atoms with Gasteiger partial charge in [0.1, 0.15) is 5.78 Å². The van der Waals surface area contributed by atoms with Crippen molar-refractivity contribution >= 4 is 17.1 Å². The Morgan fingerprint density at radius 1 is 1.53 bits per heavy atom. The summed E-state index contributed by atoms with van der Waals surface area (Å²) in [4.78, 5) is 12.7. The van der Waals surface area contributed by atoms with Gasteiger partial charge in [0.2, 0.25) is 0 Å². The summed E-state index contributed by atoms with van der Waals surface area (Å²) in [7, 11) is 1.79. The second-order valence-corrected chi connectivity index (χ2v) is 4.39. The number of carbonyl (C=O) groups is 1. The molecule has 78 valence electrons. The van der Waals surface area contributed by atoms with Crippen molar-refractivity contribution in [1.29, 1.82) is 0 Å². The highest BCUT2D eigenvalue weighted by molar-refractivity contribution is 7.10. The van der Waals surface area contributed by atoms with Crippen LogP contribution in [0.3, 0.4) is 0 Å². The summed E-state index contributed by atoms with van der Waals surface area (Å²) in [5, 5.41) is 9.64. The van der Waals surface area contributed by atoms with E-state index < -0.39 is 0 Å². The highest BCUT2D eigenvalue weighted by Gasteiger charge is 2.08. The van der Waals surface area contributed by atoms with Gasteiger partial charge in [-0.05, 0) is 11.4 Å². The van der Waals surface area contributed by atoms with Crippen LogP contribution in [0.25, 0.3) is 0 Å². The average Bonchev–Trinajstić information content (AvgIpc) is 2.77. The number of ketones is 1. The van der Waals surface area contributed by atoms with E-state index in [0.29, 0.717) is 12.8 Å². The van der Waals surface area contributed by atoms with E-state index in [1.165, 1.54) is 0 Å². The standard InChI is InChI=1S/C10H11N3OS/c1-13-7-8(11-12-13)5-9(14)6-10-3-2-4-15-10/h2-4,7H,5-6H2,1H3. The fraction of sp³-hybridized carbons (Fsp3) is 0.300. The topological polar surface area (TPSA) is 47.8 Å². The van der Waals surface area contributed by atoms with Crippen molar-refractivity contribution in [3.8, 4) is 0 Å². The molecule has 15 heavy (non-hydrogen) atoms. The van der Waals surface area contributed by atoms with Crippen molar-refractivity contribution in [2.45, 2.75) is 12.8 Å². The van der Waals surface area contributed by atoms with Gasteiger partial charge in [-0.15, -0.1) is 16.4 Å². The molecule has 2 heterocycles. The summed E-state index contributed by atoms with van der Waals surface area (Å²) >= 11 is 1.60. The maximum atomic E-state index is 11.6. The molecule has 0 saturated carbocycles. The van der Waals surface area contributed by atoms with Crippen LogP contribution in [0.15, 0.2) is 23.7 Å². The normalized spacial score (nSPS) is 10.5. The summed E-state index contributed by atoms with van der Waals surface area (Å²) < 4.78 is 1.60. The molecule has 0 atom stereocenters. The van der Waals surface area contributed by atoms with Gasteiger partial charge in [0, 0.05) is 24.5 Å². The summed E-state index contributed by atoms with van der Waals surface area (Å²) in [5.74, 6) is 0.179. The Morgan fingerprint density at radius 3 is 3.00 bits per heavy atom. The van der Waals surface area contributed by atoms with Gasteiger partial charge in [-0.3, -0.25) is 9.48 Å². The lowest BCUT2D eigenvalue weighted by atomic mass is 10.1. The first-order chi connectivity index (χ1) is 7.24. The molecule has 0 N–H and O–H groups in total. The largest absolute Gasteiger partial charge is 0.299 e. The number of thiophene rings is 1. The van der Waals surface area contributed by atoms with Gasteiger partial charge < -0.3 is 0 Å². The van der Waals surface area contributed by atoms with Gasteiger partial charge in [0.15, 0.2) is 0 Å². The van der Waals surface area contributed by atoms with Crippen LogP contribution < -0.4 is 0 Å². The Balaban J connectivity index is 1.93. The lowest BCUT2D eigenvalue weighted by molar-refractivity contribution is -0.117. The van der Waals surface area contributed by atoms with Gasteiger partial charge in [-0.25, -0.2) is 0 Å². The van der Waals surface area contributed by atoms with Crippen molar-refractivity contribution < 1.29 is 4.79 Å². The Bertz CT molecular complexity index is 447. The summed E-state index contributed by atoms with van der Waals surface area (Å²) in [6, 6.07) is 3.93. The second kappa shape index (κ2) is 4.35. The number of nitrogens with zero attached hydrogens (tertiary/aromatic N) is 3. The Hall–Kier alpha value is -1.49. The zero-order valence-corrected chi connectivity index (χ0v) is 9.20. The number of rotatable bonds is 4. The van der Waals surface area contributed by atoms with Gasteiger partial charge >= 0.3 is 0 Å². The van der Waals surface area contributed by atoms with E-state index in [-0.39, 0.29) is 5.78 Å². The molecule has 2 aromatic heterocycles. The Labute approximate surface area is 91.5 Å². The number of hydrogen-bond donors (Lipinski definition) is 0. The maximum Gasteiger partial charge on any atom is 0.144 e. The highest BCUT2D eigenvalue weighted by Crippen LogP contribution is 2.10. The van der Waals surface area contributed by atoms with Crippen molar-refractivity contribution in [2.24, 2.45) is 7.05 Å². The second-order valence-electron chi connectivity index (χ2n) is 3.36. The minimum atomic E-state index is 0.179. The molecular formula is C10H11N3OS. The first-order valence-corrected chi connectivity index (χ1v) is 5.51. The molecule has 0 aliphatic rings. The van der Waals surface area contributed by atoms with E-state index in [9.17, 15) is 4.79 Å². The third-order valence-electron chi connectivity index (χ3n) is 1.98. The molecule has 0 unspecified atom stereocenters. The van der Waals surface area contributed by atoms with Gasteiger partial charge in [0.25, 0.3) is 0 Å². The van der Waals surface area contributed by atoms with Crippen LogP contribution >= 0.6 is 11.3 Å². The van der Waals surface area contributed by atoms with Crippen LogP contribution in [-0.2, 0) is 24.7 Å². The fourth-order valence-electron chi connectivity index (χ4n) is 1.35. The smallest absolute Gasteiger partial charge is 0.144 e. The fourth-order valence-corrected chi connectivity index (χ4v) is 2.08. The van der Waals surface area contributed by atoms with Crippen molar-refractivity contribution in [2.75, 3.05) is 0 Å². The zero-order chi connectivity index (χ0) is 10.7. The van der Waals surface area contributed by atoms with E-state index in [1.54, 1.807) is 29.3 Å². The van der Waals surface area contributed by atoms with Crippen LogP contribution in [0.5, 0.6) is 0 Å². The third-order valence-corrected chi connectivity index (χ3v) is 2.86. The molecule has 0 aliphatic heterocycles. The quantitative estimate of drug-likeness (QED) is 0.780. The number of aryl methyl sites for hydroxylation is 1. The van der Waals surface area contributed by atoms with Crippen LogP contribution in [0, 0.1) is 0 Å². The van der Waals surface area contributed by atoms with Crippen LogP contribution in [-0.4, -0.2) is 20.8 Å². The molecule has 2 rings (SSSR count). The molecule has 0 amide bonds. The molecule has 0 saturated heterocycles. The van der Waals surface area contributed by atoms with E-state index in [1.807, 2.05) is 17.5 Å². The van der Waals surface area contributed by atoms with Gasteiger partial charge in [-0.2, -0.15) is 0 Å². The van der Waals surface area contributed by atoms with Crippen LogP contribution in [0.1, 0.15) is 10.6 Å². The maximum absolute atomic E-state index is 11.6. The molecule has 0 fully saturated rings. The molecular weight excluding hydrogens is 210 g/mol. The number of hydrogen-bond acceptors (Lipinski definition) is 4. The van der Waals surface area contributed by atoms with Crippen LogP contribution in [0.4, 0.5) is 0 Å². The van der Waals surface area contributed by atoms with Gasteiger partial charge in [-0.1, -0.05) is 11.3 Å². The lowest BCUT2D eigenvalue weighted by Gasteiger charge is -1.94.